The minimum Gasteiger partial charge on any atom is -0.264 e. The number of rotatable bonds is 3. The standard InChI is InChI=1S/C19H13N7S/c1-12-16(27-18(24-12)14-4-2-7-20-10-14)15-6-5-13-11-23-26(17(13)25-15)19-21-8-3-9-22-19/h2-11H,1H3. The van der Waals surface area contributed by atoms with Crippen molar-refractivity contribution in [2.75, 3.05) is 0 Å². The zero-order valence-electron chi connectivity index (χ0n) is 14.3. The number of hydrogen-bond donors (Lipinski definition) is 0. The molecule has 0 unspecified atom stereocenters. The SMILES string of the molecule is Cc1nc(-c2cccnc2)sc1-c1ccc2cnn(-c3ncccn3)c2n1. The van der Waals surface area contributed by atoms with Crippen molar-refractivity contribution in [3.63, 3.8) is 0 Å². The summed E-state index contributed by atoms with van der Waals surface area (Å²) in [6, 6.07) is 9.69. The predicted molar refractivity (Wildman–Crippen MR) is 104 cm³/mol. The third kappa shape index (κ3) is 2.76. The highest BCUT2D eigenvalue weighted by Gasteiger charge is 2.15. The van der Waals surface area contributed by atoms with Gasteiger partial charge < -0.3 is 0 Å². The van der Waals surface area contributed by atoms with Gasteiger partial charge in [0.2, 0.25) is 0 Å². The van der Waals surface area contributed by atoms with E-state index < -0.39 is 0 Å². The first-order valence-electron chi connectivity index (χ1n) is 8.30. The van der Waals surface area contributed by atoms with Crippen molar-refractivity contribution in [1.82, 2.24) is 34.7 Å². The van der Waals surface area contributed by atoms with Crippen molar-refractivity contribution in [3.8, 4) is 27.1 Å². The molecule has 5 heterocycles. The summed E-state index contributed by atoms with van der Waals surface area (Å²) in [5.74, 6) is 0.495. The third-order valence-electron chi connectivity index (χ3n) is 4.10. The Morgan fingerprint density at radius 2 is 1.81 bits per heavy atom. The fraction of sp³-hybridized carbons (Fsp3) is 0.0526. The molecular weight excluding hydrogens is 358 g/mol. The monoisotopic (exact) mass is 371 g/mol. The summed E-state index contributed by atoms with van der Waals surface area (Å²) < 4.78 is 1.65. The fourth-order valence-electron chi connectivity index (χ4n) is 2.82. The van der Waals surface area contributed by atoms with E-state index in [1.54, 1.807) is 46.9 Å². The fourth-order valence-corrected chi connectivity index (χ4v) is 3.85. The van der Waals surface area contributed by atoms with Crippen LogP contribution in [-0.4, -0.2) is 34.7 Å². The number of fused-ring (bicyclic) bond motifs is 1. The van der Waals surface area contributed by atoms with Crippen molar-refractivity contribution in [2.24, 2.45) is 0 Å². The minimum atomic E-state index is 0.495. The number of hydrogen-bond acceptors (Lipinski definition) is 7. The molecule has 0 aliphatic carbocycles. The van der Waals surface area contributed by atoms with Crippen molar-refractivity contribution < 1.29 is 0 Å². The molecule has 0 aliphatic heterocycles. The molecule has 0 N–H and O–H groups in total. The van der Waals surface area contributed by atoms with Crippen LogP contribution in [0.15, 0.2) is 61.3 Å². The smallest absolute Gasteiger partial charge is 0.252 e. The van der Waals surface area contributed by atoms with E-state index in [4.69, 9.17) is 9.97 Å². The van der Waals surface area contributed by atoms with Gasteiger partial charge in [-0.3, -0.25) is 4.98 Å². The van der Waals surface area contributed by atoms with Gasteiger partial charge in [-0.05, 0) is 37.3 Å². The summed E-state index contributed by atoms with van der Waals surface area (Å²) in [6.45, 7) is 2.00. The lowest BCUT2D eigenvalue weighted by Gasteiger charge is -2.02. The van der Waals surface area contributed by atoms with Crippen LogP contribution in [0.5, 0.6) is 0 Å². The van der Waals surface area contributed by atoms with E-state index in [2.05, 4.69) is 20.1 Å². The molecule has 0 radical (unpaired) electrons. The van der Waals surface area contributed by atoms with Crippen LogP contribution in [0.3, 0.4) is 0 Å². The lowest BCUT2D eigenvalue weighted by molar-refractivity contribution is 0.823. The maximum Gasteiger partial charge on any atom is 0.252 e. The average molecular weight is 371 g/mol. The first-order chi connectivity index (χ1) is 13.3. The van der Waals surface area contributed by atoms with Gasteiger partial charge in [0, 0.05) is 35.7 Å². The second-order valence-corrected chi connectivity index (χ2v) is 6.89. The molecule has 5 aromatic heterocycles. The molecule has 130 valence electrons. The Kier molecular flexibility index (Phi) is 3.68. The Labute approximate surface area is 158 Å². The first-order valence-corrected chi connectivity index (χ1v) is 9.11. The van der Waals surface area contributed by atoms with E-state index in [1.807, 2.05) is 37.4 Å². The van der Waals surface area contributed by atoms with Crippen molar-refractivity contribution >= 4 is 22.4 Å². The molecule has 5 aromatic rings. The Hall–Kier alpha value is -3.52. The lowest BCUT2D eigenvalue weighted by atomic mass is 10.2. The summed E-state index contributed by atoms with van der Waals surface area (Å²) in [7, 11) is 0. The zero-order chi connectivity index (χ0) is 18.2. The van der Waals surface area contributed by atoms with E-state index in [0.29, 0.717) is 5.95 Å². The molecule has 0 fully saturated rings. The number of aryl methyl sites for hydroxylation is 1. The predicted octanol–water partition coefficient (Wildman–Crippen LogP) is 3.70. The molecule has 0 spiro atoms. The molecule has 0 atom stereocenters. The van der Waals surface area contributed by atoms with E-state index >= 15 is 0 Å². The maximum atomic E-state index is 4.82. The number of thiazole rings is 1. The van der Waals surface area contributed by atoms with Gasteiger partial charge in [-0.1, -0.05) is 0 Å². The number of pyridine rings is 2. The molecular formula is C19H13N7S. The normalized spacial score (nSPS) is 11.1. The van der Waals surface area contributed by atoms with Crippen LogP contribution in [0, 0.1) is 6.92 Å². The molecule has 8 heteroatoms. The molecule has 0 amide bonds. The Bertz CT molecular complexity index is 1230. The van der Waals surface area contributed by atoms with Gasteiger partial charge in [-0.2, -0.15) is 9.78 Å². The Balaban J connectivity index is 1.63. The molecule has 0 saturated heterocycles. The second kappa shape index (κ2) is 6.33. The van der Waals surface area contributed by atoms with Crippen LogP contribution in [0.25, 0.3) is 38.1 Å². The van der Waals surface area contributed by atoms with Crippen molar-refractivity contribution in [1.29, 1.82) is 0 Å². The highest BCUT2D eigenvalue weighted by molar-refractivity contribution is 7.18. The topological polar surface area (TPSA) is 82.3 Å². The molecule has 7 nitrogen and oxygen atoms in total. The lowest BCUT2D eigenvalue weighted by Crippen LogP contribution is -2.02. The highest BCUT2D eigenvalue weighted by atomic mass is 32.1. The van der Waals surface area contributed by atoms with Gasteiger partial charge in [-0.25, -0.2) is 19.9 Å². The van der Waals surface area contributed by atoms with Crippen LogP contribution in [0.4, 0.5) is 0 Å². The van der Waals surface area contributed by atoms with E-state index in [1.165, 1.54) is 0 Å². The molecule has 0 saturated carbocycles. The van der Waals surface area contributed by atoms with Crippen molar-refractivity contribution in [3.05, 3.63) is 67.0 Å². The summed E-state index contributed by atoms with van der Waals surface area (Å²) in [5.41, 5.74) is 3.51. The summed E-state index contributed by atoms with van der Waals surface area (Å²) >= 11 is 1.60. The molecule has 0 aromatic carbocycles. The average Bonchev–Trinajstić information content (AvgIpc) is 3.32. The Morgan fingerprint density at radius 1 is 0.926 bits per heavy atom. The van der Waals surface area contributed by atoms with E-state index in [0.717, 1.165) is 37.9 Å². The molecule has 5 rings (SSSR count). The largest absolute Gasteiger partial charge is 0.264 e. The summed E-state index contributed by atoms with van der Waals surface area (Å²) in [4.78, 5) is 23.3. The van der Waals surface area contributed by atoms with Gasteiger partial charge in [0.25, 0.3) is 5.95 Å². The third-order valence-corrected chi connectivity index (χ3v) is 5.33. The molecule has 0 aliphatic rings. The number of aromatic nitrogens is 7. The van der Waals surface area contributed by atoms with Crippen LogP contribution in [0.1, 0.15) is 5.69 Å². The molecule has 27 heavy (non-hydrogen) atoms. The van der Waals surface area contributed by atoms with Gasteiger partial charge in [0.1, 0.15) is 5.01 Å². The first kappa shape index (κ1) is 15.7. The zero-order valence-corrected chi connectivity index (χ0v) is 15.1. The summed E-state index contributed by atoms with van der Waals surface area (Å²) in [6.07, 6.45) is 8.72. The maximum absolute atomic E-state index is 4.82. The summed E-state index contributed by atoms with van der Waals surface area (Å²) in [5, 5.41) is 6.24. The van der Waals surface area contributed by atoms with Gasteiger partial charge in [-0.15, -0.1) is 11.3 Å². The molecule has 0 bridgehead atoms. The van der Waals surface area contributed by atoms with Crippen LogP contribution in [0.2, 0.25) is 0 Å². The van der Waals surface area contributed by atoms with Crippen LogP contribution < -0.4 is 0 Å². The minimum absolute atomic E-state index is 0.495. The van der Waals surface area contributed by atoms with E-state index in [9.17, 15) is 0 Å². The van der Waals surface area contributed by atoms with Gasteiger partial charge >= 0.3 is 0 Å². The second-order valence-electron chi connectivity index (χ2n) is 5.89. The highest BCUT2D eigenvalue weighted by Crippen LogP contribution is 2.34. The van der Waals surface area contributed by atoms with Crippen molar-refractivity contribution in [2.45, 2.75) is 6.92 Å². The number of nitrogens with zero attached hydrogens (tertiary/aromatic N) is 7. The van der Waals surface area contributed by atoms with Crippen LogP contribution in [-0.2, 0) is 0 Å². The Morgan fingerprint density at radius 3 is 2.63 bits per heavy atom. The van der Waals surface area contributed by atoms with Gasteiger partial charge in [0.15, 0.2) is 5.65 Å². The van der Waals surface area contributed by atoms with Crippen LogP contribution >= 0.6 is 11.3 Å². The van der Waals surface area contributed by atoms with Gasteiger partial charge in [0.05, 0.1) is 22.5 Å². The quantitative estimate of drug-likeness (QED) is 0.481. The van der Waals surface area contributed by atoms with E-state index in [-0.39, 0.29) is 0 Å².